The van der Waals surface area contributed by atoms with Crippen LogP contribution >= 0.6 is 0 Å². The molecule has 2 unspecified atom stereocenters. The van der Waals surface area contributed by atoms with Gasteiger partial charge >= 0.3 is 0 Å². The summed E-state index contributed by atoms with van der Waals surface area (Å²) in [6.45, 7) is 9.18. The number of piperidine rings is 1. The molecule has 2 atom stereocenters. The molecule has 0 amide bonds. The highest BCUT2D eigenvalue weighted by Crippen LogP contribution is 2.19. The molecule has 0 radical (unpaired) electrons. The van der Waals surface area contributed by atoms with Gasteiger partial charge in [-0.3, -0.25) is 0 Å². The van der Waals surface area contributed by atoms with Crippen LogP contribution in [0.1, 0.15) is 47.0 Å². The minimum atomic E-state index is -3.12. The van der Waals surface area contributed by atoms with Crippen LogP contribution in [0, 0.1) is 5.41 Å². The molecule has 102 valence electrons. The largest absolute Gasteiger partial charge is 0.314 e. The number of rotatable bonds is 4. The lowest BCUT2D eigenvalue weighted by molar-refractivity contribution is 0.358. The van der Waals surface area contributed by atoms with E-state index in [1.807, 2.05) is 0 Å². The van der Waals surface area contributed by atoms with Gasteiger partial charge in [-0.25, -0.2) is 13.1 Å². The van der Waals surface area contributed by atoms with E-state index in [0.29, 0.717) is 12.5 Å². The Morgan fingerprint density at radius 1 is 1.35 bits per heavy atom. The van der Waals surface area contributed by atoms with Gasteiger partial charge in [-0.2, -0.15) is 0 Å². The Bertz CT molecular complexity index is 333. The molecular weight excluding hydrogens is 236 g/mol. The third kappa shape index (κ3) is 6.38. The molecule has 0 aliphatic carbocycles. The maximum atomic E-state index is 11.9. The maximum Gasteiger partial charge on any atom is 0.211 e. The van der Waals surface area contributed by atoms with Gasteiger partial charge in [0.25, 0.3) is 0 Å². The Kier molecular flexibility index (Phi) is 4.98. The highest BCUT2D eigenvalue weighted by Gasteiger charge is 2.24. The molecule has 2 N–H and O–H groups in total. The van der Waals surface area contributed by atoms with Gasteiger partial charge < -0.3 is 5.32 Å². The van der Waals surface area contributed by atoms with Gasteiger partial charge in [-0.1, -0.05) is 20.8 Å². The molecule has 1 aliphatic rings. The van der Waals surface area contributed by atoms with E-state index >= 15 is 0 Å². The molecule has 1 aliphatic heterocycles. The fourth-order valence-electron chi connectivity index (χ4n) is 1.99. The molecule has 17 heavy (non-hydrogen) atoms. The summed E-state index contributed by atoms with van der Waals surface area (Å²) in [6.07, 6.45) is 2.47. The van der Waals surface area contributed by atoms with Crippen LogP contribution in [0.3, 0.4) is 0 Å². The Hall–Kier alpha value is -0.130. The molecule has 1 saturated heterocycles. The standard InChI is InChI=1S/C12H26N2O2S/c1-10-9-11(5-7-13-10)14-17(15,16)8-6-12(2,3)4/h10-11,13-14H,5-9H2,1-4H3. The van der Waals surface area contributed by atoms with E-state index in [1.54, 1.807) is 0 Å². The van der Waals surface area contributed by atoms with Crippen LogP contribution in [-0.2, 0) is 10.0 Å². The molecule has 1 heterocycles. The van der Waals surface area contributed by atoms with E-state index in [4.69, 9.17) is 0 Å². The summed E-state index contributed by atoms with van der Waals surface area (Å²) in [5, 5.41) is 3.32. The minimum absolute atomic E-state index is 0.0656. The zero-order valence-electron chi connectivity index (χ0n) is 11.4. The first-order chi connectivity index (χ1) is 7.68. The fraction of sp³-hybridized carbons (Fsp3) is 1.00. The summed E-state index contributed by atoms with van der Waals surface area (Å²) in [5.41, 5.74) is 0.0656. The Morgan fingerprint density at radius 2 is 2.00 bits per heavy atom. The van der Waals surface area contributed by atoms with Crippen LogP contribution < -0.4 is 10.0 Å². The lowest BCUT2D eigenvalue weighted by Gasteiger charge is -2.29. The van der Waals surface area contributed by atoms with Gasteiger partial charge in [0.2, 0.25) is 10.0 Å². The van der Waals surface area contributed by atoms with Crippen LogP contribution in [0.2, 0.25) is 0 Å². The number of nitrogens with one attached hydrogen (secondary N) is 2. The first kappa shape index (κ1) is 14.9. The number of sulfonamides is 1. The van der Waals surface area contributed by atoms with Crippen molar-refractivity contribution >= 4 is 10.0 Å². The molecule has 0 bridgehead atoms. The monoisotopic (exact) mass is 262 g/mol. The van der Waals surface area contributed by atoms with Crippen LogP contribution in [-0.4, -0.2) is 32.8 Å². The quantitative estimate of drug-likeness (QED) is 0.807. The summed E-state index contributed by atoms with van der Waals surface area (Å²) >= 11 is 0. The predicted molar refractivity (Wildman–Crippen MR) is 71.5 cm³/mol. The molecule has 1 fully saturated rings. The third-order valence-electron chi connectivity index (χ3n) is 3.09. The fourth-order valence-corrected chi connectivity index (χ4v) is 3.71. The second-order valence-corrected chi connectivity index (χ2v) is 8.20. The van der Waals surface area contributed by atoms with Gasteiger partial charge in [0.1, 0.15) is 0 Å². The molecule has 0 aromatic heterocycles. The van der Waals surface area contributed by atoms with Crippen molar-refractivity contribution in [2.45, 2.75) is 59.0 Å². The Labute approximate surface area is 106 Å². The lowest BCUT2D eigenvalue weighted by atomic mass is 9.94. The first-order valence-corrected chi connectivity index (χ1v) is 8.06. The maximum absolute atomic E-state index is 11.9. The molecular formula is C12H26N2O2S. The smallest absolute Gasteiger partial charge is 0.211 e. The van der Waals surface area contributed by atoms with Gasteiger partial charge in [0.15, 0.2) is 0 Å². The molecule has 0 spiro atoms. The highest BCUT2D eigenvalue weighted by molar-refractivity contribution is 7.89. The van der Waals surface area contributed by atoms with E-state index in [0.717, 1.165) is 19.4 Å². The molecule has 5 heteroatoms. The normalized spacial score (nSPS) is 27.1. The average molecular weight is 262 g/mol. The van der Waals surface area contributed by atoms with Crippen molar-refractivity contribution in [3.63, 3.8) is 0 Å². The predicted octanol–water partition coefficient (Wildman–Crippen LogP) is 1.48. The van der Waals surface area contributed by atoms with Crippen molar-refractivity contribution in [1.82, 2.24) is 10.0 Å². The molecule has 0 aromatic carbocycles. The molecule has 4 nitrogen and oxygen atoms in total. The zero-order chi connectivity index (χ0) is 13.1. The van der Waals surface area contributed by atoms with Gasteiger partial charge in [-0.15, -0.1) is 0 Å². The van der Waals surface area contributed by atoms with Crippen molar-refractivity contribution < 1.29 is 8.42 Å². The van der Waals surface area contributed by atoms with Crippen molar-refractivity contribution in [2.75, 3.05) is 12.3 Å². The van der Waals surface area contributed by atoms with Crippen molar-refractivity contribution in [2.24, 2.45) is 5.41 Å². The van der Waals surface area contributed by atoms with Crippen molar-refractivity contribution in [3.8, 4) is 0 Å². The summed E-state index contributed by atoms with van der Waals surface area (Å²) < 4.78 is 26.7. The summed E-state index contributed by atoms with van der Waals surface area (Å²) in [7, 11) is -3.12. The first-order valence-electron chi connectivity index (χ1n) is 6.41. The van der Waals surface area contributed by atoms with Gasteiger partial charge in [0.05, 0.1) is 5.75 Å². The van der Waals surface area contributed by atoms with E-state index < -0.39 is 10.0 Å². The Morgan fingerprint density at radius 3 is 2.53 bits per heavy atom. The lowest BCUT2D eigenvalue weighted by Crippen LogP contribution is -2.47. The van der Waals surface area contributed by atoms with E-state index in [2.05, 4.69) is 37.7 Å². The zero-order valence-corrected chi connectivity index (χ0v) is 12.2. The number of hydrogen-bond acceptors (Lipinski definition) is 3. The average Bonchev–Trinajstić information content (AvgIpc) is 2.13. The van der Waals surface area contributed by atoms with Gasteiger partial charge in [-0.05, 0) is 38.1 Å². The van der Waals surface area contributed by atoms with Crippen LogP contribution in [0.15, 0.2) is 0 Å². The highest BCUT2D eigenvalue weighted by atomic mass is 32.2. The second kappa shape index (κ2) is 5.67. The van der Waals surface area contributed by atoms with Crippen molar-refractivity contribution in [3.05, 3.63) is 0 Å². The third-order valence-corrected chi connectivity index (χ3v) is 4.52. The topological polar surface area (TPSA) is 58.2 Å². The van der Waals surface area contributed by atoms with Crippen LogP contribution in [0.5, 0.6) is 0 Å². The van der Waals surface area contributed by atoms with E-state index in [1.165, 1.54) is 0 Å². The van der Waals surface area contributed by atoms with Crippen molar-refractivity contribution in [1.29, 1.82) is 0 Å². The molecule has 1 rings (SSSR count). The molecule has 0 saturated carbocycles. The van der Waals surface area contributed by atoms with E-state index in [-0.39, 0.29) is 17.2 Å². The SMILES string of the molecule is CC1CC(NS(=O)(=O)CCC(C)(C)C)CCN1. The second-order valence-electron chi connectivity index (χ2n) is 6.32. The van der Waals surface area contributed by atoms with Gasteiger partial charge in [0, 0.05) is 12.1 Å². The summed E-state index contributed by atoms with van der Waals surface area (Å²) in [5.74, 6) is 0.231. The Balaban J connectivity index is 2.43. The van der Waals surface area contributed by atoms with Crippen LogP contribution in [0.25, 0.3) is 0 Å². The summed E-state index contributed by atoms with van der Waals surface area (Å²) in [4.78, 5) is 0. The summed E-state index contributed by atoms with van der Waals surface area (Å²) in [6, 6.07) is 0.510. The number of hydrogen-bond donors (Lipinski definition) is 2. The van der Waals surface area contributed by atoms with Crippen LogP contribution in [0.4, 0.5) is 0 Å². The molecule has 0 aromatic rings. The minimum Gasteiger partial charge on any atom is -0.314 e. The van der Waals surface area contributed by atoms with E-state index in [9.17, 15) is 8.42 Å².